The molecule has 0 spiro atoms. The largest absolute Gasteiger partial charge is 0.484 e. The van der Waals surface area contributed by atoms with Crippen LogP contribution in [0.4, 0.5) is 17.6 Å². The number of hydrogen-bond donors (Lipinski definition) is 1. The van der Waals surface area contributed by atoms with Crippen LogP contribution in [0.25, 0.3) is 0 Å². The maximum absolute atomic E-state index is 13.6. The van der Waals surface area contributed by atoms with E-state index in [1.165, 1.54) is 12.1 Å². The van der Waals surface area contributed by atoms with Crippen LogP contribution in [0.15, 0.2) is 47.6 Å². The number of amides is 1. The molecule has 0 aliphatic carbocycles. The highest BCUT2D eigenvalue weighted by Crippen LogP contribution is 2.41. The van der Waals surface area contributed by atoms with Crippen molar-refractivity contribution in [2.45, 2.75) is 32.2 Å². The Morgan fingerprint density at radius 3 is 2.41 bits per heavy atom. The van der Waals surface area contributed by atoms with Crippen LogP contribution in [0.2, 0.25) is 0 Å². The van der Waals surface area contributed by atoms with Gasteiger partial charge in [-0.1, -0.05) is 18.2 Å². The van der Waals surface area contributed by atoms with E-state index in [1.807, 2.05) is 13.8 Å². The second-order valence-corrected chi connectivity index (χ2v) is 6.79. The summed E-state index contributed by atoms with van der Waals surface area (Å²) in [5.41, 5.74) is -1.66. The molecule has 0 aromatic heterocycles. The van der Waals surface area contributed by atoms with Crippen molar-refractivity contribution in [1.82, 2.24) is 5.01 Å². The van der Waals surface area contributed by atoms with Gasteiger partial charge in [-0.05, 0) is 54.8 Å². The molecule has 0 radical (unpaired) electrons. The van der Waals surface area contributed by atoms with E-state index in [2.05, 4.69) is 5.10 Å². The van der Waals surface area contributed by atoms with Crippen molar-refractivity contribution in [3.63, 3.8) is 0 Å². The number of alkyl halides is 3. The Morgan fingerprint density at radius 1 is 1.17 bits per heavy atom. The lowest BCUT2D eigenvalue weighted by Gasteiger charge is -2.32. The molecule has 0 saturated carbocycles. The first-order chi connectivity index (χ1) is 13.5. The minimum atomic E-state index is -5.16. The van der Waals surface area contributed by atoms with Crippen LogP contribution in [-0.2, 0) is 4.79 Å². The smallest absolute Gasteiger partial charge is 0.438 e. The molecular formula is C20H18F4N2O3. The second kappa shape index (κ2) is 7.47. The van der Waals surface area contributed by atoms with E-state index in [1.54, 1.807) is 18.2 Å². The van der Waals surface area contributed by atoms with Crippen molar-refractivity contribution in [1.29, 1.82) is 0 Å². The summed E-state index contributed by atoms with van der Waals surface area (Å²) in [4.78, 5) is 12.4. The molecule has 9 heteroatoms. The number of carbonyl (C=O) groups excluding carboxylic acids is 1. The van der Waals surface area contributed by atoms with E-state index in [0.717, 1.165) is 23.3 Å². The molecule has 1 N–H and O–H groups in total. The van der Waals surface area contributed by atoms with E-state index in [4.69, 9.17) is 4.74 Å². The molecule has 1 unspecified atom stereocenters. The summed E-state index contributed by atoms with van der Waals surface area (Å²) in [5, 5.41) is 13.9. The van der Waals surface area contributed by atoms with E-state index in [9.17, 15) is 27.5 Å². The maximum Gasteiger partial charge on any atom is 0.438 e. The van der Waals surface area contributed by atoms with Gasteiger partial charge in [-0.3, -0.25) is 4.79 Å². The van der Waals surface area contributed by atoms with Gasteiger partial charge in [-0.25, -0.2) is 4.39 Å². The van der Waals surface area contributed by atoms with E-state index in [-0.39, 0.29) is 16.3 Å². The monoisotopic (exact) mass is 410 g/mol. The van der Waals surface area contributed by atoms with Gasteiger partial charge in [0, 0.05) is 0 Å². The van der Waals surface area contributed by atoms with Crippen LogP contribution in [0.3, 0.4) is 0 Å². The third-order valence-electron chi connectivity index (χ3n) is 4.69. The lowest BCUT2D eigenvalue weighted by molar-refractivity contribution is -0.302. The lowest BCUT2D eigenvalue weighted by Crippen LogP contribution is -2.57. The van der Waals surface area contributed by atoms with Crippen molar-refractivity contribution in [3.8, 4) is 5.75 Å². The Labute approximate surface area is 164 Å². The first-order valence-electron chi connectivity index (χ1n) is 8.67. The van der Waals surface area contributed by atoms with Crippen molar-refractivity contribution < 1.29 is 32.2 Å². The number of hydrazone groups is 1. The highest BCUT2D eigenvalue weighted by molar-refractivity contribution is 6.03. The highest BCUT2D eigenvalue weighted by Gasteiger charge is 2.63. The zero-order chi connectivity index (χ0) is 21.4. The zero-order valence-corrected chi connectivity index (χ0v) is 15.6. The average Bonchev–Trinajstić information content (AvgIpc) is 3.02. The molecule has 5 nitrogen and oxygen atoms in total. The average molecular weight is 410 g/mol. The van der Waals surface area contributed by atoms with Crippen molar-refractivity contribution in [3.05, 3.63) is 65.0 Å². The predicted molar refractivity (Wildman–Crippen MR) is 96.8 cm³/mol. The van der Waals surface area contributed by atoms with E-state index >= 15 is 0 Å². The van der Waals surface area contributed by atoms with Crippen molar-refractivity contribution in [2.24, 2.45) is 5.10 Å². The summed E-state index contributed by atoms with van der Waals surface area (Å²) < 4.78 is 59.0. The van der Waals surface area contributed by atoms with Gasteiger partial charge in [0.2, 0.25) is 0 Å². The van der Waals surface area contributed by atoms with Crippen LogP contribution in [0.5, 0.6) is 5.75 Å². The fraction of sp³-hybridized carbons (Fsp3) is 0.300. The quantitative estimate of drug-likeness (QED) is 0.782. The Hall–Kier alpha value is -2.94. The van der Waals surface area contributed by atoms with Crippen LogP contribution >= 0.6 is 0 Å². The van der Waals surface area contributed by atoms with Crippen molar-refractivity contribution in [2.75, 3.05) is 6.61 Å². The molecule has 0 bridgehead atoms. The molecule has 29 heavy (non-hydrogen) atoms. The number of aryl methyl sites for hydroxylation is 2. The number of benzene rings is 2. The molecule has 1 heterocycles. The lowest BCUT2D eigenvalue weighted by atomic mass is 10.0. The molecule has 154 valence electrons. The first-order valence-corrected chi connectivity index (χ1v) is 8.67. The second-order valence-electron chi connectivity index (χ2n) is 6.79. The topological polar surface area (TPSA) is 62.1 Å². The Balaban J connectivity index is 1.84. The number of rotatable bonds is 4. The number of carbonyl (C=O) groups is 1. The Bertz CT molecular complexity index is 957. The minimum Gasteiger partial charge on any atom is -0.484 e. The molecule has 1 amide bonds. The number of aliphatic hydroxyl groups is 1. The molecule has 1 atom stereocenters. The number of ether oxygens (including phenoxy) is 1. The zero-order valence-electron chi connectivity index (χ0n) is 15.6. The summed E-state index contributed by atoms with van der Waals surface area (Å²) in [5.74, 6) is -1.44. The van der Waals surface area contributed by atoms with Gasteiger partial charge in [-0.15, -0.1) is 0 Å². The van der Waals surface area contributed by atoms with E-state index < -0.39 is 36.7 Å². The van der Waals surface area contributed by atoms with Crippen LogP contribution < -0.4 is 4.74 Å². The molecule has 1 aliphatic rings. The van der Waals surface area contributed by atoms with Crippen LogP contribution in [0, 0.1) is 19.7 Å². The van der Waals surface area contributed by atoms with E-state index in [0.29, 0.717) is 5.75 Å². The Morgan fingerprint density at radius 2 is 1.83 bits per heavy atom. The van der Waals surface area contributed by atoms with Gasteiger partial charge >= 0.3 is 6.18 Å². The summed E-state index contributed by atoms with van der Waals surface area (Å²) in [6.07, 6.45) is -6.13. The highest BCUT2D eigenvalue weighted by atomic mass is 19.4. The summed E-state index contributed by atoms with van der Waals surface area (Å²) in [6, 6.07) is 9.55. The Kier molecular flexibility index (Phi) is 5.36. The fourth-order valence-electron chi connectivity index (χ4n) is 2.84. The first kappa shape index (κ1) is 20.8. The van der Waals surface area contributed by atoms with Gasteiger partial charge in [-0.2, -0.15) is 23.3 Å². The van der Waals surface area contributed by atoms with Crippen molar-refractivity contribution >= 4 is 11.6 Å². The van der Waals surface area contributed by atoms with Gasteiger partial charge in [0.1, 0.15) is 11.6 Å². The predicted octanol–water partition coefficient (Wildman–Crippen LogP) is 3.71. The summed E-state index contributed by atoms with van der Waals surface area (Å²) >= 11 is 0. The molecule has 0 fully saturated rings. The molecular weight excluding hydrogens is 392 g/mol. The van der Waals surface area contributed by atoms with Gasteiger partial charge in [0.15, 0.2) is 6.61 Å². The SMILES string of the molecule is Cc1ccc(OCC(=O)N2N=C(c3ccc(F)cc3)CC2(O)C(F)(F)F)cc1C. The summed E-state index contributed by atoms with van der Waals surface area (Å²) in [6.45, 7) is 2.96. The maximum atomic E-state index is 13.6. The van der Waals surface area contributed by atoms with Crippen LogP contribution in [-0.4, -0.2) is 40.2 Å². The standard InChI is InChI=1S/C20H18F4N2O3/c1-12-3-8-16(9-13(12)2)29-11-18(27)26-19(28,20(22,23)24)10-17(25-26)14-4-6-15(21)7-5-14/h3-9,28H,10-11H2,1-2H3. The third kappa shape index (κ3) is 4.09. The molecule has 0 saturated heterocycles. The number of hydrogen-bond acceptors (Lipinski definition) is 4. The number of halogens is 4. The molecule has 2 aromatic rings. The van der Waals surface area contributed by atoms with Gasteiger partial charge in [0.05, 0.1) is 12.1 Å². The summed E-state index contributed by atoms with van der Waals surface area (Å²) in [7, 11) is 0. The fourth-order valence-corrected chi connectivity index (χ4v) is 2.84. The molecule has 1 aliphatic heterocycles. The van der Waals surface area contributed by atoms with Gasteiger partial charge in [0.25, 0.3) is 11.6 Å². The minimum absolute atomic E-state index is 0.00720. The number of nitrogens with zero attached hydrogens (tertiary/aromatic N) is 2. The van der Waals surface area contributed by atoms with Crippen LogP contribution in [0.1, 0.15) is 23.1 Å². The van der Waals surface area contributed by atoms with Gasteiger partial charge < -0.3 is 9.84 Å². The molecule has 2 aromatic carbocycles. The molecule has 3 rings (SSSR count). The normalized spacial score (nSPS) is 19.3. The third-order valence-corrected chi connectivity index (χ3v) is 4.69.